The molecule has 1 rings (SSSR count). The summed E-state index contributed by atoms with van der Waals surface area (Å²) in [6, 6.07) is 1.63. The van der Waals surface area contributed by atoms with Gasteiger partial charge in [-0.25, -0.2) is 4.79 Å². The van der Waals surface area contributed by atoms with E-state index in [-0.39, 0.29) is 0 Å². The van der Waals surface area contributed by atoms with Gasteiger partial charge >= 0.3 is 11.9 Å². The number of esters is 2. The quantitative estimate of drug-likeness (QED) is 0.704. The minimum atomic E-state index is -0.420. The van der Waals surface area contributed by atoms with Crippen LogP contribution in [-0.2, 0) is 9.53 Å². The highest BCUT2D eigenvalue weighted by atomic mass is 32.1. The topological polar surface area (TPSA) is 52.6 Å². The molecule has 14 heavy (non-hydrogen) atoms. The SMILES string of the molecule is COC(=O)c1cc(C)c(OC(C)=O)s1. The molecule has 4 nitrogen and oxygen atoms in total. The third-order valence-corrected chi connectivity index (χ3v) is 2.59. The Bertz CT molecular complexity index is 367. The monoisotopic (exact) mass is 214 g/mol. The normalized spacial score (nSPS) is 9.64. The van der Waals surface area contributed by atoms with E-state index in [2.05, 4.69) is 4.74 Å². The van der Waals surface area contributed by atoms with Crippen molar-refractivity contribution in [2.45, 2.75) is 13.8 Å². The summed E-state index contributed by atoms with van der Waals surface area (Å²) in [6.07, 6.45) is 0. The Labute approximate surface area is 85.4 Å². The Morgan fingerprint density at radius 1 is 1.43 bits per heavy atom. The first kappa shape index (κ1) is 10.7. The van der Waals surface area contributed by atoms with Crippen molar-refractivity contribution in [2.75, 3.05) is 7.11 Å². The van der Waals surface area contributed by atoms with Crippen LogP contribution in [0.2, 0.25) is 0 Å². The Hall–Kier alpha value is -1.36. The van der Waals surface area contributed by atoms with E-state index < -0.39 is 11.9 Å². The summed E-state index contributed by atoms with van der Waals surface area (Å²) in [5, 5.41) is 0.443. The van der Waals surface area contributed by atoms with Gasteiger partial charge < -0.3 is 9.47 Å². The van der Waals surface area contributed by atoms with Crippen molar-refractivity contribution >= 4 is 23.3 Å². The van der Waals surface area contributed by atoms with Gasteiger partial charge in [-0.15, -0.1) is 0 Å². The van der Waals surface area contributed by atoms with Crippen molar-refractivity contribution in [1.29, 1.82) is 0 Å². The second-order valence-corrected chi connectivity index (χ2v) is 3.68. The molecule has 0 radical (unpaired) electrons. The first-order valence-electron chi connectivity index (χ1n) is 3.91. The molecule has 5 heteroatoms. The number of rotatable bonds is 2. The molecule has 0 fully saturated rings. The maximum Gasteiger partial charge on any atom is 0.348 e. The molecule has 76 valence electrons. The predicted octanol–water partition coefficient (Wildman–Crippen LogP) is 1.77. The number of methoxy groups -OCH3 is 1. The molecule has 0 aliphatic heterocycles. The van der Waals surface area contributed by atoms with Crippen LogP contribution in [0.3, 0.4) is 0 Å². The highest BCUT2D eigenvalue weighted by Crippen LogP contribution is 2.30. The molecule has 1 heterocycles. The van der Waals surface area contributed by atoms with Gasteiger partial charge in [0.2, 0.25) is 0 Å². The van der Waals surface area contributed by atoms with Crippen LogP contribution in [0.15, 0.2) is 6.07 Å². The van der Waals surface area contributed by atoms with Crippen LogP contribution in [0.5, 0.6) is 5.06 Å². The average molecular weight is 214 g/mol. The summed E-state index contributed by atoms with van der Waals surface area (Å²) in [5.74, 6) is -0.817. The molecule has 1 aromatic heterocycles. The first-order valence-corrected chi connectivity index (χ1v) is 4.73. The summed E-state index contributed by atoms with van der Waals surface area (Å²) < 4.78 is 9.43. The van der Waals surface area contributed by atoms with Crippen LogP contribution in [-0.4, -0.2) is 19.0 Å². The fourth-order valence-corrected chi connectivity index (χ4v) is 1.88. The molecule has 0 amide bonds. The van der Waals surface area contributed by atoms with E-state index in [0.29, 0.717) is 9.94 Å². The maximum absolute atomic E-state index is 11.1. The number of hydrogen-bond acceptors (Lipinski definition) is 5. The minimum Gasteiger partial charge on any atom is -0.465 e. The Balaban J connectivity index is 2.93. The van der Waals surface area contributed by atoms with Gasteiger partial charge in [0, 0.05) is 12.5 Å². The number of aryl methyl sites for hydroxylation is 1. The standard InChI is InChI=1S/C9H10O4S/c1-5-4-7(8(11)12-3)14-9(5)13-6(2)10/h4H,1-3H3. The lowest BCUT2D eigenvalue weighted by molar-refractivity contribution is -0.131. The van der Waals surface area contributed by atoms with E-state index in [1.807, 2.05) is 0 Å². The van der Waals surface area contributed by atoms with Gasteiger partial charge in [0.05, 0.1) is 7.11 Å². The molecule has 0 aromatic carbocycles. The lowest BCUT2D eigenvalue weighted by Crippen LogP contribution is -2.00. The number of hydrogen-bond donors (Lipinski definition) is 0. The molecule has 0 atom stereocenters. The number of carbonyl (C=O) groups excluding carboxylic acids is 2. The molecule has 0 saturated heterocycles. The van der Waals surface area contributed by atoms with E-state index in [1.165, 1.54) is 14.0 Å². The molecule has 0 spiro atoms. The van der Waals surface area contributed by atoms with Crippen molar-refractivity contribution < 1.29 is 19.1 Å². The second-order valence-electron chi connectivity index (χ2n) is 2.67. The summed E-state index contributed by atoms with van der Waals surface area (Å²) >= 11 is 1.10. The molecule has 0 bridgehead atoms. The second kappa shape index (κ2) is 4.23. The molecule has 1 aromatic rings. The lowest BCUT2D eigenvalue weighted by atomic mass is 10.3. The zero-order valence-electron chi connectivity index (χ0n) is 8.12. The van der Waals surface area contributed by atoms with E-state index >= 15 is 0 Å². The Morgan fingerprint density at radius 2 is 2.07 bits per heavy atom. The van der Waals surface area contributed by atoms with Crippen molar-refractivity contribution in [3.8, 4) is 5.06 Å². The summed E-state index contributed by atoms with van der Waals surface area (Å²) in [5.41, 5.74) is 0.755. The average Bonchev–Trinajstić information content (AvgIpc) is 2.46. The van der Waals surface area contributed by atoms with E-state index in [4.69, 9.17) is 4.74 Å². The summed E-state index contributed by atoms with van der Waals surface area (Å²) in [7, 11) is 1.31. The lowest BCUT2D eigenvalue weighted by Gasteiger charge is -1.96. The van der Waals surface area contributed by atoms with Gasteiger partial charge in [-0.1, -0.05) is 11.3 Å². The van der Waals surface area contributed by atoms with E-state index in [9.17, 15) is 9.59 Å². The van der Waals surface area contributed by atoms with Gasteiger partial charge in [0.25, 0.3) is 0 Å². The smallest absolute Gasteiger partial charge is 0.348 e. The van der Waals surface area contributed by atoms with Crippen LogP contribution in [0.4, 0.5) is 0 Å². The number of ether oxygens (including phenoxy) is 2. The number of carbonyl (C=O) groups is 2. The van der Waals surface area contributed by atoms with Gasteiger partial charge in [0.15, 0.2) is 5.06 Å². The zero-order valence-corrected chi connectivity index (χ0v) is 8.94. The van der Waals surface area contributed by atoms with Crippen LogP contribution in [0, 0.1) is 6.92 Å². The molecule has 0 unspecified atom stereocenters. The van der Waals surface area contributed by atoms with Gasteiger partial charge in [-0.3, -0.25) is 4.79 Å². The Kier molecular flexibility index (Phi) is 3.24. The van der Waals surface area contributed by atoms with Crippen LogP contribution >= 0.6 is 11.3 Å². The van der Waals surface area contributed by atoms with E-state index in [1.54, 1.807) is 13.0 Å². The molecular formula is C9H10O4S. The molecule has 0 aliphatic carbocycles. The summed E-state index contributed by atoms with van der Waals surface area (Å²) in [4.78, 5) is 22.2. The van der Waals surface area contributed by atoms with Crippen LogP contribution in [0.25, 0.3) is 0 Å². The molecule has 0 aliphatic rings. The highest BCUT2D eigenvalue weighted by Gasteiger charge is 2.14. The first-order chi connectivity index (χ1) is 6.54. The third kappa shape index (κ3) is 2.32. The highest BCUT2D eigenvalue weighted by molar-refractivity contribution is 7.16. The van der Waals surface area contributed by atoms with Crippen molar-refractivity contribution in [3.63, 3.8) is 0 Å². The van der Waals surface area contributed by atoms with Gasteiger partial charge in [-0.05, 0) is 13.0 Å². The Morgan fingerprint density at radius 3 is 2.57 bits per heavy atom. The van der Waals surface area contributed by atoms with Crippen molar-refractivity contribution in [1.82, 2.24) is 0 Å². The minimum absolute atomic E-state index is 0.397. The summed E-state index contributed by atoms with van der Waals surface area (Å²) in [6.45, 7) is 3.08. The molecular weight excluding hydrogens is 204 g/mol. The van der Waals surface area contributed by atoms with Crippen LogP contribution in [0.1, 0.15) is 22.2 Å². The third-order valence-electron chi connectivity index (χ3n) is 1.50. The van der Waals surface area contributed by atoms with Gasteiger partial charge in [-0.2, -0.15) is 0 Å². The number of thiophene rings is 1. The zero-order chi connectivity index (χ0) is 10.7. The van der Waals surface area contributed by atoms with Crippen molar-refractivity contribution in [2.24, 2.45) is 0 Å². The largest absolute Gasteiger partial charge is 0.465 e. The molecule has 0 saturated carbocycles. The van der Waals surface area contributed by atoms with Crippen LogP contribution < -0.4 is 4.74 Å². The van der Waals surface area contributed by atoms with E-state index in [0.717, 1.165) is 16.9 Å². The predicted molar refractivity (Wildman–Crippen MR) is 51.7 cm³/mol. The van der Waals surface area contributed by atoms with Gasteiger partial charge in [0.1, 0.15) is 4.88 Å². The fraction of sp³-hybridized carbons (Fsp3) is 0.333. The molecule has 0 N–H and O–H groups in total. The maximum atomic E-state index is 11.1. The van der Waals surface area contributed by atoms with Crippen molar-refractivity contribution in [3.05, 3.63) is 16.5 Å². The fourth-order valence-electron chi connectivity index (χ4n) is 0.898.